The van der Waals surface area contributed by atoms with Crippen molar-refractivity contribution in [3.63, 3.8) is 0 Å². The molecule has 9 heteroatoms. The van der Waals surface area contributed by atoms with Gasteiger partial charge in [-0.3, -0.25) is 10.1 Å². The van der Waals surface area contributed by atoms with Gasteiger partial charge >= 0.3 is 0 Å². The molecular formula is C21H21FN8. The molecule has 0 amide bonds. The standard InChI is InChI=1S/C21H21FN8/c1-14-10-19(30-29-14)27-21-26-18(8-7-15-4-2-6-17(22)11-15)25-20(28-21)24-13-16-5-3-9-23-12-16/h2-12,18H,13H2,1H3,(H4,24,25,26,27,28,29,30)/b8-7+. The van der Waals surface area contributed by atoms with Gasteiger partial charge in [0, 0.05) is 30.7 Å². The summed E-state index contributed by atoms with van der Waals surface area (Å²) in [5, 5.41) is 16.6. The van der Waals surface area contributed by atoms with Crippen molar-refractivity contribution in [2.24, 2.45) is 9.98 Å². The number of anilines is 1. The fourth-order valence-corrected chi connectivity index (χ4v) is 2.81. The molecule has 3 heterocycles. The molecule has 1 atom stereocenters. The summed E-state index contributed by atoms with van der Waals surface area (Å²) in [7, 11) is 0. The van der Waals surface area contributed by atoms with Gasteiger partial charge in [0.05, 0.1) is 0 Å². The average Bonchev–Trinajstić information content (AvgIpc) is 3.16. The second-order valence-corrected chi connectivity index (χ2v) is 6.69. The summed E-state index contributed by atoms with van der Waals surface area (Å²) >= 11 is 0. The summed E-state index contributed by atoms with van der Waals surface area (Å²) in [5.41, 5.74) is 2.69. The number of pyridine rings is 1. The lowest BCUT2D eigenvalue weighted by molar-refractivity contribution is 0.627. The van der Waals surface area contributed by atoms with Gasteiger partial charge in [-0.2, -0.15) is 10.1 Å². The van der Waals surface area contributed by atoms with Crippen molar-refractivity contribution in [1.82, 2.24) is 25.8 Å². The Morgan fingerprint density at radius 1 is 1.20 bits per heavy atom. The summed E-state index contributed by atoms with van der Waals surface area (Å²) in [5.74, 6) is 1.31. The van der Waals surface area contributed by atoms with E-state index in [1.165, 1.54) is 12.1 Å². The van der Waals surface area contributed by atoms with Crippen molar-refractivity contribution >= 4 is 23.8 Å². The van der Waals surface area contributed by atoms with E-state index in [1.54, 1.807) is 18.5 Å². The lowest BCUT2D eigenvalue weighted by Gasteiger charge is -2.21. The summed E-state index contributed by atoms with van der Waals surface area (Å²) in [6, 6.07) is 12.1. The molecule has 0 bridgehead atoms. The van der Waals surface area contributed by atoms with Crippen LogP contribution in [0.15, 0.2) is 70.9 Å². The summed E-state index contributed by atoms with van der Waals surface area (Å²) in [6.07, 6.45) is 6.76. The van der Waals surface area contributed by atoms with Gasteiger partial charge in [0.1, 0.15) is 12.0 Å². The molecule has 4 rings (SSSR count). The highest BCUT2D eigenvalue weighted by atomic mass is 19.1. The largest absolute Gasteiger partial charge is 0.350 e. The van der Waals surface area contributed by atoms with Gasteiger partial charge in [-0.05, 0) is 42.3 Å². The molecule has 1 unspecified atom stereocenters. The number of aromatic nitrogens is 3. The molecule has 3 aromatic rings. The smallest absolute Gasteiger partial charge is 0.223 e. The van der Waals surface area contributed by atoms with E-state index in [-0.39, 0.29) is 5.82 Å². The third-order valence-electron chi connectivity index (χ3n) is 4.21. The van der Waals surface area contributed by atoms with Crippen LogP contribution in [0.4, 0.5) is 10.2 Å². The van der Waals surface area contributed by atoms with Gasteiger partial charge in [0.2, 0.25) is 11.9 Å². The second kappa shape index (κ2) is 8.99. The van der Waals surface area contributed by atoms with Gasteiger partial charge < -0.3 is 16.0 Å². The van der Waals surface area contributed by atoms with E-state index < -0.39 is 6.17 Å². The number of aromatic amines is 1. The fraction of sp³-hybridized carbons (Fsp3) is 0.143. The van der Waals surface area contributed by atoms with Gasteiger partial charge in [-0.15, -0.1) is 0 Å². The second-order valence-electron chi connectivity index (χ2n) is 6.69. The van der Waals surface area contributed by atoms with E-state index >= 15 is 0 Å². The SMILES string of the molecule is Cc1cc(NC2=NC(NCc3cccnc3)=NC(/C=C/c3cccc(F)c3)N2)n[nH]1. The molecule has 2 aromatic heterocycles. The van der Waals surface area contributed by atoms with E-state index in [2.05, 4.69) is 41.1 Å². The van der Waals surface area contributed by atoms with Crippen LogP contribution in [0, 0.1) is 12.7 Å². The molecule has 0 saturated heterocycles. The molecule has 0 fully saturated rings. The van der Waals surface area contributed by atoms with E-state index in [9.17, 15) is 4.39 Å². The Labute approximate surface area is 173 Å². The Kier molecular flexibility index (Phi) is 5.79. The van der Waals surface area contributed by atoms with Crippen LogP contribution in [0.25, 0.3) is 6.08 Å². The number of hydrogen-bond donors (Lipinski definition) is 4. The normalized spacial score (nSPS) is 16.0. The molecule has 4 N–H and O–H groups in total. The van der Waals surface area contributed by atoms with Crippen molar-refractivity contribution in [3.8, 4) is 0 Å². The van der Waals surface area contributed by atoms with Gasteiger partial charge in [0.25, 0.3) is 0 Å². The Bertz CT molecular complexity index is 1090. The fourth-order valence-electron chi connectivity index (χ4n) is 2.81. The molecule has 152 valence electrons. The number of guanidine groups is 2. The van der Waals surface area contributed by atoms with Crippen LogP contribution in [0.3, 0.4) is 0 Å². The maximum atomic E-state index is 13.4. The quantitative estimate of drug-likeness (QED) is 0.524. The van der Waals surface area contributed by atoms with Gasteiger partial charge in [0.15, 0.2) is 5.82 Å². The number of nitrogens with zero attached hydrogens (tertiary/aromatic N) is 4. The minimum atomic E-state index is -0.398. The maximum Gasteiger partial charge on any atom is 0.223 e. The molecule has 0 aliphatic carbocycles. The van der Waals surface area contributed by atoms with Gasteiger partial charge in [-0.1, -0.05) is 24.3 Å². The molecule has 1 aliphatic rings. The number of nitrogens with one attached hydrogen (secondary N) is 4. The van der Waals surface area contributed by atoms with E-state index in [0.717, 1.165) is 16.8 Å². The van der Waals surface area contributed by atoms with Gasteiger partial charge in [-0.25, -0.2) is 9.38 Å². The lowest BCUT2D eigenvalue weighted by atomic mass is 10.2. The van der Waals surface area contributed by atoms with Crippen LogP contribution in [-0.4, -0.2) is 33.3 Å². The van der Waals surface area contributed by atoms with Crippen LogP contribution >= 0.6 is 0 Å². The minimum absolute atomic E-state index is 0.283. The first kappa shape index (κ1) is 19.3. The number of hydrogen-bond acceptors (Lipinski definition) is 7. The zero-order valence-corrected chi connectivity index (χ0v) is 16.3. The molecule has 1 aromatic carbocycles. The average molecular weight is 404 g/mol. The minimum Gasteiger partial charge on any atom is -0.350 e. The molecule has 0 spiro atoms. The third kappa shape index (κ3) is 5.28. The number of aliphatic imine (C=N–C) groups is 2. The number of H-pyrrole nitrogens is 1. The van der Waals surface area contributed by atoms with Crippen molar-refractivity contribution in [2.75, 3.05) is 5.32 Å². The first-order chi connectivity index (χ1) is 14.6. The van der Waals surface area contributed by atoms with Crippen LogP contribution in [0.5, 0.6) is 0 Å². The van der Waals surface area contributed by atoms with Crippen molar-refractivity contribution in [2.45, 2.75) is 19.6 Å². The Morgan fingerprint density at radius 2 is 2.13 bits per heavy atom. The van der Waals surface area contributed by atoms with Crippen LogP contribution in [0.2, 0.25) is 0 Å². The Balaban J connectivity index is 1.51. The zero-order valence-electron chi connectivity index (χ0n) is 16.3. The lowest BCUT2D eigenvalue weighted by Crippen LogP contribution is -2.43. The number of rotatable bonds is 5. The predicted octanol–water partition coefficient (Wildman–Crippen LogP) is 2.81. The van der Waals surface area contributed by atoms with E-state index in [0.29, 0.717) is 24.3 Å². The van der Waals surface area contributed by atoms with Crippen LogP contribution < -0.4 is 16.0 Å². The molecular weight excluding hydrogens is 383 g/mol. The van der Waals surface area contributed by atoms with Crippen molar-refractivity contribution < 1.29 is 4.39 Å². The first-order valence-electron chi connectivity index (χ1n) is 9.43. The topological polar surface area (TPSA) is 102 Å². The summed E-state index contributed by atoms with van der Waals surface area (Å²) in [4.78, 5) is 13.2. The molecule has 0 radical (unpaired) electrons. The van der Waals surface area contributed by atoms with Crippen LogP contribution in [-0.2, 0) is 6.54 Å². The summed E-state index contributed by atoms with van der Waals surface area (Å²) < 4.78 is 13.4. The molecule has 1 aliphatic heterocycles. The number of aryl methyl sites for hydroxylation is 1. The number of halogens is 1. The van der Waals surface area contributed by atoms with Crippen LogP contribution in [0.1, 0.15) is 16.8 Å². The Hall–Kier alpha value is -4.01. The summed E-state index contributed by atoms with van der Waals surface area (Å²) in [6.45, 7) is 2.45. The maximum absolute atomic E-state index is 13.4. The third-order valence-corrected chi connectivity index (χ3v) is 4.21. The molecule has 8 nitrogen and oxygen atoms in total. The highest BCUT2D eigenvalue weighted by Gasteiger charge is 2.16. The van der Waals surface area contributed by atoms with E-state index in [4.69, 9.17) is 0 Å². The highest BCUT2D eigenvalue weighted by Crippen LogP contribution is 2.09. The van der Waals surface area contributed by atoms with Crippen molar-refractivity contribution in [1.29, 1.82) is 0 Å². The number of benzene rings is 1. The highest BCUT2D eigenvalue weighted by molar-refractivity contribution is 6.03. The first-order valence-corrected chi connectivity index (χ1v) is 9.43. The monoisotopic (exact) mass is 404 g/mol. The Morgan fingerprint density at radius 3 is 2.90 bits per heavy atom. The molecule has 30 heavy (non-hydrogen) atoms. The molecule has 0 saturated carbocycles. The van der Waals surface area contributed by atoms with E-state index in [1.807, 2.05) is 43.3 Å². The van der Waals surface area contributed by atoms with Crippen molar-refractivity contribution in [3.05, 3.63) is 83.6 Å². The zero-order chi connectivity index (χ0) is 20.8. The predicted molar refractivity (Wildman–Crippen MR) is 115 cm³/mol.